The van der Waals surface area contributed by atoms with E-state index in [4.69, 9.17) is 12.2 Å². The van der Waals surface area contributed by atoms with Crippen molar-refractivity contribution < 1.29 is 0 Å². The van der Waals surface area contributed by atoms with Gasteiger partial charge in [0.1, 0.15) is 10.2 Å². The lowest BCUT2D eigenvalue weighted by molar-refractivity contribution is 0.508. The minimum Gasteiger partial charge on any atom is -0.314 e. The Morgan fingerprint density at radius 2 is 1.77 bits per heavy atom. The standard InChI is InChI=1S/C9H18N2S2/c1-6(2)10-8(5)11(7(3)4)9(12)13/h6-7H,1-5H3,(H,12,13). The topological polar surface area (TPSA) is 15.6 Å². The summed E-state index contributed by atoms with van der Waals surface area (Å²) in [4.78, 5) is 6.37. The third-order valence-electron chi connectivity index (χ3n) is 1.52. The lowest BCUT2D eigenvalue weighted by Gasteiger charge is -2.26. The van der Waals surface area contributed by atoms with Gasteiger partial charge >= 0.3 is 0 Å². The second-order valence-electron chi connectivity index (χ2n) is 3.52. The molecule has 4 heteroatoms. The molecular weight excluding hydrogens is 200 g/mol. The van der Waals surface area contributed by atoms with Crippen molar-refractivity contribution in [3.8, 4) is 0 Å². The van der Waals surface area contributed by atoms with Crippen molar-refractivity contribution in [2.45, 2.75) is 46.7 Å². The number of hydrogen-bond donors (Lipinski definition) is 1. The number of thiocarbonyl (C=S) groups is 1. The monoisotopic (exact) mass is 218 g/mol. The minimum absolute atomic E-state index is 0.295. The Labute approximate surface area is 91.8 Å². The van der Waals surface area contributed by atoms with Gasteiger partial charge in [-0.3, -0.25) is 4.99 Å². The highest BCUT2D eigenvalue weighted by Crippen LogP contribution is 2.06. The molecule has 0 atom stereocenters. The molecule has 0 aliphatic carbocycles. The van der Waals surface area contributed by atoms with Gasteiger partial charge < -0.3 is 4.90 Å². The number of hydrogen-bond acceptors (Lipinski definition) is 2. The first kappa shape index (κ1) is 12.9. The van der Waals surface area contributed by atoms with Gasteiger partial charge in [-0.1, -0.05) is 12.2 Å². The van der Waals surface area contributed by atoms with Gasteiger partial charge in [-0.15, -0.1) is 12.6 Å². The Morgan fingerprint density at radius 1 is 1.31 bits per heavy atom. The van der Waals surface area contributed by atoms with Crippen LogP contribution in [0.5, 0.6) is 0 Å². The summed E-state index contributed by atoms with van der Waals surface area (Å²) >= 11 is 9.20. The average molecular weight is 218 g/mol. The Kier molecular flexibility index (Phi) is 5.56. The molecule has 0 rings (SSSR count). The average Bonchev–Trinajstić information content (AvgIpc) is 1.81. The van der Waals surface area contributed by atoms with E-state index in [1.165, 1.54) is 0 Å². The van der Waals surface area contributed by atoms with Gasteiger partial charge in [-0.05, 0) is 34.6 Å². The Morgan fingerprint density at radius 3 is 2.00 bits per heavy atom. The molecular formula is C9H18N2S2. The van der Waals surface area contributed by atoms with Crippen molar-refractivity contribution in [3.05, 3.63) is 0 Å². The van der Waals surface area contributed by atoms with E-state index in [2.05, 4.69) is 31.5 Å². The van der Waals surface area contributed by atoms with E-state index in [1.54, 1.807) is 0 Å². The first-order valence-electron chi connectivity index (χ1n) is 4.42. The molecule has 0 unspecified atom stereocenters. The van der Waals surface area contributed by atoms with Crippen LogP contribution in [-0.2, 0) is 0 Å². The van der Waals surface area contributed by atoms with Gasteiger partial charge in [0.25, 0.3) is 0 Å². The van der Waals surface area contributed by atoms with Crippen molar-refractivity contribution in [1.29, 1.82) is 0 Å². The summed E-state index contributed by atoms with van der Waals surface area (Å²) in [7, 11) is 0. The predicted molar refractivity (Wildman–Crippen MR) is 66.8 cm³/mol. The van der Waals surface area contributed by atoms with Crippen LogP contribution in [0.1, 0.15) is 34.6 Å². The summed E-state index contributed by atoms with van der Waals surface area (Å²) < 4.78 is 0.580. The van der Waals surface area contributed by atoms with Gasteiger partial charge in [-0.25, -0.2) is 0 Å². The maximum atomic E-state index is 5.03. The predicted octanol–water partition coefficient (Wildman–Crippen LogP) is 2.74. The van der Waals surface area contributed by atoms with E-state index < -0.39 is 0 Å². The third kappa shape index (κ3) is 4.62. The smallest absolute Gasteiger partial charge is 0.138 e. The second kappa shape index (κ2) is 5.60. The van der Waals surface area contributed by atoms with Crippen molar-refractivity contribution in [2.24, 2.45) is 4.99 Å². The minimum atomic E-state index is 0.295. The molecule has 0 aliphatic heterocycles. The molecule has 0 heterocycles. The molecule has 0 spiro atoms. The zero-order chi connectivity index (χ0) is 10.6. The fraction of sp³-hybridized carbons (Fsp3) is 0.778. The van der Waals surface area contributed by atoms with Crippen LogP contribution in [0, 0.1) is 0 Å². The number of rotatable bonds is 2. The largest absolute Gasteiger partial charge is 0.314 e. The van der Waals surface area contributed by atoms with Crippen molar-refractivity contribution in [2.75, 3.05) is 0 Å². The number of amidine groups is 1. The van der Waals surface area contributed by atoms with Crippen LogP contribution < -0.4 is 0 Å². The van der Waals surface area contributed by atoms with Crippen LogP contribution >= 0.6 is 24.8 Å². The van der Waals surface area contributed by atoms with Gasteiger partial charge in [-0.2, -0.15) is 0 Å². The van der Waals surface area contributed by atoms with Crippen LogP contribution in [0.4, 0.5) is 0 Å². The van der Waals surface area contributed by atoms with Gasteiger partial charge in [0, 0.05) is 12.1 Å². The van der Waals surface area contributed by atoms with Crippen molar-refractivity contribution in [1.82, 2.24) is 4.90 Å². The summed E-state index contributed by atoms with van der Waals surface area (Å²) in [5.74, 6) is 0.935. The maximum absolute atomic E-state index is 5.03. The third-order valence-corrected chi connectivity index (χ3v) is 1.93. The molecule has 0 radical (unpaired) electrons. The Bertz CT molecular complexity index is 210. The van der Waals surface area contributed by atoms with E-state index in [-0.39, 0.29) is 0 Å². The summed E-state index contributed by atoms with van der Waals surface area (Å²) in [6, 6.07) is 0.608. The number of thiol groups is 1. The highest BCUT2D eigenvalue weighted by Gasteiger charge is 2.13. The lowest BCUT2D eigenvalue weighted by Crippen LogP contribution is -2.37. The maximum Gasteiger partial charge on any atom is 0.138 e. The highest BCUT2D eigenvalue weighted by molar-refractivity contribution is 8.11. The van der Waals surface area contributed by atoms with Crippen LogP contribution in [0.15, 0.2) is 4.99 Å². The first-order valence-corrected chi connectivity index (χ1v) is 5.28. The van der Waals surface area contributed by atoms with E-state index in [0.717, 1.165) is 5.84 Å². The van der Waals surface area contributed by atoms with Crippen LogP contribution in [0.3, 0.4) is 0 Å². The van der Waals surface area contributed by atoms with Crippen LogP contribution in [0.25, 0.3) is 0 Å². The molecule has 76 valence electrons. The fourth-order valence-electron chi connectivity index (χ4n) is 1.17. The van der Waals surface area contributed by atoms with E-state index in [0.29, 0.717) is 16.4 Å². The van der Waals surface area contributed by atoms with E-state index >= 15 is 0 Å². The molecule has 0 amide bonds. The van der Waals surface area contributed by atoms with Gasteiger partial charge in [0.15, 0.2) is 0 Å². The number of nitrogens with zero attached hydrogens (tertiary/aromatic N) is 2. The zero-order valence-corrected chi connectivity index (χ0v) is 10.6. The normalized spacial score (nSPS) is 12.5. The molecule has 2 nitrogen and oxygen atoms in total. The molecule has 0 bridgehead atoms. The fourth-order valence-corrected chi connectivity index (χ4v) is 1.89. The van der Waals surface area contributed by atoms with Crippen LogP contribution in [0.2, 0.25) is 0 Å². The molecule has 0 N–H and O–H groups in total. The summed E-state index contributed by atoms with van der Waals surface area (Å²) in [6.45, 7) is 10.2. The van der Waals surface area contributed by atoms with E-state index in [9.17, 15) is 0 Å². The molecule has 0 saturated heterocycles. The molecule has 0 aromatic carbocycles. The molecule has 0 aliphatic rings. The summed E-state index contributed by atoms with van der Waals surface area (Å²) in [5.41, 5.74) is 0. The first-order chi connectivity index (χ1) is 5.86. The number of aliphatic imine (C=N–C) groups is 1. The quantitative estimate of drug-likeness (QED) is 0.332. The van der Waals surface area contributed by atoms with E-state index in [1.807, 2.05) is 25.7 Å². The molecule has 13 heavy (non-hydrogen) atoms. The summed E-state index contributed by atoms with van der Waals surface area (Å²) in [6.07, 6.45) is 0. The zero-order valence-electron chi connectivity index (χ0n) is 8.90. The lowest BCUT2D eigenvalue weighted by atomic mass is 10.3. The molecule has 0 aromatic heterocycles. The van der Waals surface area contributed by atoms with Gasteiger partial charge in [0.05, 0.1) is 0 Å². The van der Waals surface area contributed by atoms with Gasteiger partial charge in [0.2, 0.25) is 0 Å². The second-order valence-corrected chi connectivity index (χ2v) is 4.63. The Hall–Kier alpha value is -0.0900. The SMILES string of the molecule is CC(=NC(C)C)N(C(=S)S)C(C)C. The molecule has 0 fully saturated rings. The van der Waals surface area contributed by atoms with Crippen molar-refractivity contribution >= 4 is 35.0 Å². The Balaban J connectivity index is 4.65. The highest BCUT2D eigenvalue weighted by atomic mass is 32.1. The van der Waals surface area contributed by atoms with Crippen LogP contribution in [-0.4, -0.2) is 27.1 Å². The molecule has 0 saturated carbocycles. The summed E-state index contributed by atoms with van der Waals surface area (Å²) in [5, 5.41) is 0. The van der Waals surface area contributed by atoms with Crippen molar-refractivity contribution in [3.63, 3.8) is 0 Å². The molecule has 0 aromatic rings.